The van der Waals surface area contributed by atoms with Crippen LogP contribution in [0.25, 0.3) is 0 Å². The zero-order chi connectivity index (χ0) is 11.5. The van der Waals surface area contributed by atoms with Gasteiger partial charge < -0.3 is 4.90 Å². The third-order valence-corrected chi connectivity index (χ3v) is 2.98. The van der Waals surface area contributed by atoms with Crippen LogP contribution in [-0.4, -0.2) is 15.8 Å². The molecule has 1 aromatic heterocycles. The van der Waals surface area contributed by atoms with E-state index in [0.29, 0.717) is 17.5 Å². The van der Waals surface area contributed by atoms with Gasteiger partial charge >= 0.3 is 0 Å². The number of anilines is 1. The molecule has 0 spiro atoms. The van der Waals surface area contributed by atoms with Crippen molar-refractivity contribution < 1.29 is 4.39 Å². The fraction of sp³-hybridized carbons (Fsp3) is 0.200. The van der Waals surface area contributed by atoms with Gasteiger partial charge in [-0.05, 0) is 17.7 Å². The smallest absolute Gasteiger partial charge is 0.187 e. The standard InChI is InChI=1S/C10H9ClFN3S/c1-15(10-9(11)13-16-14-10)6-7-3-2-4-8(12)5-7/h2-5H,6H2,1H3. The van der Waals surface area contributed by atoms with Crippen molar-refractivity contribution in [3.05, 3.63) is 40.8 Å². The number of nitrogens with zero attached hydrogens (tertiary/aromatic N) is 3. The highest BCUT2D eigenvalue weighted by atomic mass is 35.5. The fourth-order valence-corrected chi connectivity index (χ4v) is 2.21. The van der Waals surface area contributed by atoms with Gasteiger partial charge in [0.2, 0.25) is 0 Å². The molecule has 0 aliphatic rings. The van der Waals surface area contributed by atoms with Crippen LogP contribution in [0.15, 0.2) is 24.3 Å². The maximum Gasteiger partial charge on any atom is 0.187 e. The van der Waals surface area contributed by atoms with E-state index in [4.69, 9.17) is 11.6 Å². The molecule has 0 amide bonds. The lowest BCUT2D eigenvalue weighted by Crippen LogP contribution is -2.17. The average molecular weight is 258 g/mol. The topological polar surface area (TPSA) is 29.0 Å². The van der Waals surface area contributed by atoms with Gasteiger partial charge in [-0.1, -0.05) is 23.7 Å². The molecule has 0 aliphatic heterocycles. The zero-order valence-electron chi connectivity index (χ0n) is 8.52. The van der Waals surface area contributed by atoms with E-state index in [2.05, 4.69) is 8.75 Å². The van der Waals surface area contributed by atoms with Gasteiger partial charge in [0.25, 0.3) is 0 Å². The number of rotatable bonds is 3. The van der Waals surface area contributed by atoms with Crippen LogP contribution in [0.2, 0.25) is 5.15 Å². The maximum atomic E-state index is 13.0. The Hall–Kier alpha value is -1.20. The van der Waals surface area contributed by atoms with Gasteiger partial charge in [-0.2, -0.15) is 8.75 Å². The first-order valence-electron chi connectivity index (χ1n) is 4.60. The van der Waals surface area contributed by atoms with Crippen molar-refractivity contribution in [3.8, 4) is 0 Å². The van der Waals surface area contributed by atoms with Gasteiger partial charge in [0, 0.05) is 13.6 Å². The molecule has 0 atom stereocenters. The average Bonchev–Trinajstić information content (AvgIpc) is 2.64. The highest BCUT2D eigenvalue weighted by Crippen LogP contribution is 2.23. The summed E-state index contributed by atoms with van der Waals surface area (Å²) in [6.07, 6.45) is 0. The summed E-state index contributed by atoms with van der Waals surface area (Å²) in [6.45, 7) is 0.545. The third-order valence-electron chi connectivity index (χ3n) is 2.10. The van der Waals surface area contributed by atoms with E-state index in [0.717, 1.165) is 17.3 Å². The Labute approximate surface area is 102 Å². The van der Waals surface area contributed by atoms with E-state index in [-0.39, 0.29) is 5.82 Å². The molecule has 0 fully saturated rings. The summed E-state index contributed by atoms with van der Waals surface area (Å²) in [4.78, 5) is 1.83. The molecule has 2 rings (SSSR count). The molecule has 16 heavy (non-hydrogen) atoms. The SMILES string of the molecule is CN(Cc1cccc(F)c1)c1nsnc1Cl. The summed E-state index contributed by atoms with van der Waals surface area (Å²) in [6, 6.07) is 6.44. The minimum absolute atomic E-state index is 0.242. The molecule has 0 aliphatic carbocycles. The molecule has 1 aromatic carbocycles. The van der Waals surface area contributed by atoms with Gasteiger partial charge in [-0.3, -0.25) is 0 Å². The molecule has 1 heterocycles. The Balaban J connectivity index is 2.14. The van der Waals surface area contributed by atoms with Crippen molar-refractivity contribution in [2.24, 2.45) is 0 Å². The minimum atomic E-state index is -0.242. The van der Waals surface area contributed by atoms with Crippen molar-refractivity contribution in [2.75, 3.05) is 11.9 Å². The normalized spacial score (nSPS) is 10.4. The number of hydrogen-bond acceptors (Lipinski definition) is 4. The largest absolute Gasteiger partial charge is 0.352 e. The van der Waals surface area contributed by atoms with Gasteiger partial charge in [-0.25, -0.2) is 4.39 Å². The number of aromatic nitrogens is 2. The van der Waals surface area contributed by atoms with Crippen LogP contribution in [0.5, 0.6) is 0 Å². The van der Waals surface area contributed by atoms with Crippen molar-refractivity contribution in [2.45, 2.75) is 6.54 Å². The Bertz CT molecular complexity index is 488. The highest BCUT2D eigenvalue weighted by Gasteiger charge is 2.11. The fourth-order valence-electron chi connectivity index (χ4n) is 1.38. The maximum absolute atomic E-state index is 13.0. The molecule has 0 saturated carbocycles. The Morgan fingerprint density at radius 1 is 1.44 bits per heavy atom. The second-order valence-electron chi connectivity index (χ2n) is 3.36. The second-order valence-corrected chi connectivity index (χ2v) is 4.25. The van der Waals surface area contributed by atoms with Crippen LogP contribution in [0.4, 0.5) is 10.2 Å². The lowest BCUT2D eigenvalue weighted by molar-refractivity contribution is 0.625. The van der Waals surface area contributed by atoms with Crippen LogP contribution in [0.3, 0.4) is 0 Å². The molecule has 0 radical (unpaired) electrons. The molecule has 0 bridgehead atoms. The molecular weight excluding hydrogens is 249 g/mol. The van der Waals surface area contributed by atoms with Crippen molar-refractivity contribution in [3.63, 3.8) is 0 Å². The van der Waals surface area contributed by atoms with Crippen LogP contribution in [-0.2, 0) is 6.54 Å². The first kappa shape index (κ1) is 11.3. The molecule has 0 N–H and O–H groups in total. The second kappa shape index (κ2) is 4.76. The first-order valence-corrected chi connectivity index (χ1v) is 5.71. The molecule has 3 nitrogen and oxygen atoms in total. The predicted molar refractivity (Wildman–Crippen MR) is 63.4 cm³/mol. The van der Waals surface area contributed by atoms with E-state index >= 15 is 0 Å². The molecular formula is C10H9ClFN3S. The van der Waals surface area contributed by atoms with Crippen molar-refractivity contribution in [1.29, 1.82) is 0 Å². The van der Waals surface area contributed by atoms with E-state index in [1.807, 2.05) is 18.0 Å². The summed E-state index contributed by atoms with van der Waals surface area (Å²) in [5.74, 6) is 0.379. The molecule has 0 unspecified atom stereocenters. The first-order chi connectivity index (χ1) is 7.66. The number of hydrogen-bond donors (Lipinski definition) is 0. The lowest BCUT2D eigenvalue weighted by atomic mass is 10.2. The van der Waals surface area contributed by atoms with Gasteiger partial charge in [0.1, 0.15) is 5.82 Å². The Morgan fingerprint density at radius 3 is 2.88 bits per heavy atom. The summed E-state index contributed by atoms with van der Waals surface area (Å²) >= 11 is 6.91. The van der Waals surface area contributed by atoms with Gasteiger partial charge in [0.05, 0.1) is 11.7 Å². The number of halogens is 2. The van der Waals surface area contributed by atoms with Gasteiger partial charge in [-0.15, -0.1) is 0 Å². The van der Waals surface area contributed by atoms with Crippen molar-refractivity contribution in [1.82, 2.24) is 8.75 Å². The summed E-state index contributed by atoms with van der Waals surface area (Å²) < 4.78 is 20.9. The van der Waals surface area contributed by atoms with E-state index in [1.54, 1.807) is 6.07 Å². The summed E-state index contributed by atoms with van der Waals surface area (Å²) in [5.41, 5.74) is 0.867. The van der Waals surface area contributed by atoms with Crippen LogP contribution < -0.4 is 4.90 Å². The monoisotopic (exact) mass is 257 g/mol. The molecule has 6 heteroatoms. The van der Waals surface area contributed by atoms with Crippen molar-refractivity contribution >= 4 is 29.1 Å². The lowest BCUT2D eigenvalue weighted by Gasteiger charge is -2.16. The molecule has 84 valence electrons. The molecule has 2 aromatic rings. The molecule has 0 saturated heterocycles. The summed E-state index contributed by atoms with van der Waals surface area (Å²) in [5, 5.41) is 0.379. The highest BCUT2D eigenvalue weighted by molar-refractivity contribution is 6.99. The number of benzene rings is 1. The quantitative estimate of drug-likeness (QED) is 0.847. The summed E-state index contributed by atoms with van der Waals surface area (Å²) in [7, 11) is 1.84. The van der Waals surface area contributed by atoms with Crippen LogP contribution in [0.1, 0.15) is 5.56 Å². The minimum Gasteiger partial charge on any atom is -0.352 e. The van der Waals surface area contributed by atoms with E-state index in [9.17, 15) is 4.39 Å². The Kier molecular flexibility index (Phi) is 3.36. The third kappa shape index (κ3) is 2.48. The van der Waals surface area contributed by atoms with E-state index < -0.39 is 0 Å². The van der Waals surface area contributed by atoms with Gasteiger partial charge in [0.15, 0.2) is 11.0 Å². The van der Waals surface area contributed by atoms with Crippen LogP contribution in [0, 0.1) is 5.82 Å². The zero-order valence-corrected chi connectivity index (χ0v) is 10.1. The van der Waals surface area contributed by atoms with E-state index in [1.165, 1.54) is 12.1 Å². The predicted octanol–water partition coefficient (Wildman–Crippen LogP) is 2.97. The Morgan fingerprint density at radius 2 is 2.25 bits per heavy atom. The van der Waals surface area contributed by atoms with Crippen LogP contribution >= 0.6 is 23.3 Å².